The van der Waals surface area contributed by atoms with E-state index in [0.29, 0.717) is 12.5 Å². The predicted octanol–water partition coefficient (Wildman–Crippen LogP) is 1.54. The summed E-state index contributed by atoms with van der Waals surface area (Å²) in [5, 5.41) is 8.84. The van der Waals surface area contributed by atoms with Gasteiger partial charge in [0.25, 0.3) is 0 Å². The molecule has 2 aromatic heterocycles. The number of nitrogens with zero attached hydrogens (tertiary/aromatic N) is 4. The first kappa shape index (κ1) is 9.71. The van der Waals surface area contributed by atoms with Crippen LogP contribution in [0.15, 0.2) is 17.8 Å². The average Bonchev–Trinajstić information content (AvgIpc) is 2.70. The number of rotatable bonds is 3. The number of hydrogen-bond donors (Lipinski definition) is 1. The van der Waals surface area contributed by atoms with Crippen LogP contribution >= 0.6 is 34.1 Å². The zero-order valence-corrected chi connectivity index (χ0v) is 9.99. The van der Waals surface area contributed by atoms with Gasteiger partial charge in [-0.1, -0.05) is 4.49 Å². The molecule has 2 heterocycles. The highest BCUT2D eigenvalue weighted by atomic mass is 127. The van der Waals surface area contributed by atoms with Gasteiger partial charge in [-0.15, -0.1) is 5.10 Å². The zero-order valence-electron chi connectivity index (χ0n) is 7.01. The van der Waals surface area contributed by atoms with Crippen molar-refractivity contribution in [2.75, 3.05) is 5.32 Å². The Morgan fingerprint density at radius 1 is 1.36 bits per heavy atom. The molecule has 0 bridgehead atoms. The maximum atomic E-state index is 4.10. The number of hydrogen-bond acceptors (Lipinski definition) is 6. The Bertz CT molecular complexity index is 387. The fourth-order valence-corrected chi connectivity index (χ4v) is 1.56. The van der Waals surface area contributed by atoms with Gasteiger partial charge in [-0.05, 0) is 34.1 Å². The second-order valence-electron chi connectivity index (χ2n) is 2.47. The zero-order chi connectivity index (χ0) is 9.80. The molecule has 0 aliphatic carbocycles. The number of halogens is 1. The van der Waals surface area contributed by atoms with E-state index in [1.165, 1.54) is 11.5 Å². The molecule has 2 aromatic rings. The summed E-state index contributed by atoms with van der Waals surface area (Å²) in [5.74, 6) is 0.610. The van der Waals surface area contributed by atoms with E-state index in [9.17, 15) is 0 Å². The molecular weight excluding hydrogens is 313 g/mol. The Labute approximate surface area is 98.3 Å². The smallest absolute Gasteiger partial charge is 0.222 e. The largest absolute Gasteiger partial charge is 0.348 e. The standard InChI is InChI=1S/C7H6IN5S/c8-5-1-9-7(10-2-5)11-3-6-4-14-13-12-6/h1-2,4H,3H2,(H,9,10,11). The predicted molar refractivity (Wildman–Crippen MR) is 62.0 cm³/mol. The van der Waals surface area contributed by atoms with Crippen LogP contribution in [0.1, 0.15) is 5.69 Å². The van der Waals surface area contributed by atoms with Crippen LogP contribution in [0, 0.1) is 3.57 Å². The Morgan fingerprint density at radius 2 is 2.14 bits per heavy atom. The quantitative estimate of drug-likeness (QED) is 0.870. The summed E-state index contributed by atoms with van der Waals surface area (Å²) in [6, 6.07) is 0. The lowest BCUT2D eigenvalue weighted by Crippen LogP contribution is -2.03. The van der Waals surface area contributed by atoms with Crippen molar-refractivity contribution in [2.24, 2.45) is 0 Å². The molecule has 0 atom stereocenters. The molecule has 1 N–H and O–H groups in total. The summed E-state index contributed by atoms with van der Waals surface area (Å²) < 4.78 is 4.78. The molecule has 0 radical (unpaired) electrons. The second-order valence-corrected chi connectivity index (χ2v) is 4.33. The van der Waals surface area contributed by atoms with Crippen molar-refractivity contribution in [3.05, 3.63) is 27.0 Å². The minimum atomic E-state index is 0.608. The molecular formula is C7H6IN5S. The summed E-state index contributed by atoms with van der Waals surface area (Å²) in [4.78, 5) is 8.21. The van der Waals surface area contributed by atoms with Crippen molar-refractivity contribution < 1.29 is 0 Å². The third-order valence-electron chi connectivity index (χ3n) is 1.45. The van der Waals surface area contributed by atoms with Crippen LogP contribution in [0.3, 0.4) is 0 Å². The summed E-state index contributed by atoms with van der Waals surface area (Å²) in [6.07, 6.45) is 3.52. The van der Waals surface area contributed by atoms with Gasteiger partial charge in [0.1, 0.15) is 0 Å². The van der Waals surface area contributed by atoms with Gasteiger partial charge in [0.05, 0.1) is 12.2 Å². The summed E-state index contributed by atoms with van der Waals surface area (Å²) in [6.45, 7) is 0.608. The number of anilines is 1. The van der Waals surface area contributed by atoms with Crippen molar-refractivity contribution >= 4 is 40.1 Å². The maximum Gasteiger partial charge on any atom is 0.222 e. The molecule has 0 fully saturated rings. The average molecular weight is 319 g/mol. The lowest BCUT2D eigenvalue weighted by Gasteiger charge is -2.00. The molecule has 2 rings (SSSR count). The molecule has 0 amide bonds. The van der Waals surface area contributed by atoms with Gasteiger partial charge in [-0.2, -0.15) is 0 Å². The molecule has 7 heteroatoms. The first-order valence-electron chi connectivity index (χ1n) is 3.82. The minimum absolute atomic E-state index is 0.608. The fourth-order valence-electron chi connectivity index (χ4n) is 0.834. The topological polar surface area (TPSA) is 63.6 Å². The third kappa shape index (κ3) is 2.58. The Balaban J connectivity index is 1.95. The van der Waals surface area contributed by atoms with Gasteiger partial charge in [0, 0.05) is 21.3 Å². The first-order valence-corrected chi connectivity index (χ1v) is 5.73. The number of nitrogens with one attached hydrogen (secondary N) is 1. The van der Waals surface area contributed by atoms with Crippen molar-refractivity contribution in [2.45, 2.75) is 6.54 Å². The van der Waals surface area contributed by atoms with Crippen LogP contribution in [0.25, 0.3) is 0 Å². The highest BCUT2D eigenvalue weighted by Crippen LogP contribution is 2.04. The molecule has 0 spiro atoms. The molecule has 0 aliphatic heterocycles. The van der Waals surface area contributed by atoms with Crippen LogP contribution in [0.2, 0.25) is 0 Å². The van der Waals surface area contributed by atoms with Crippen LogP contribution in [0.4, 0.5) is 5.95 Å². The van der Waals surface area contributed by atoms with Gasteiger partial charge in [-0.25, -0.2) is 9.97 Å². The van der Waals surface area contributed by atoms with E-state index >= 15 is 0 Å². The van der Waals surface area contributed by atoms with Crippen molar-refractivity contribution in [3.8, 4) is 0 Å². The molecule has 0 aliphatic rings. The van der Waals surface area contributed by atoms with Gasteiger partial charge in [-0.3, -0.25) is 0 Å². The van der Waals surface area contributed by atoms with E-state index in [0.717, 1.165) is 9.26 Å². The van der Waals surface area contributed by atoms with E-state index < -0.39 is 0 Å². The summed E-state index contributed by atoms with van der Waals surface area (Å²) >= 11 is 3.50. The highest BCUT2D eigenvalue weighted by molar-refractivity contribution is 14.1. The number of aromatic nitrogens is 4. The van der Waals surface area contributed by atoms with E-state index in [4.69, 9.17) is 0 Å². The first-order chi connectivity index (χ1) is 6.84. The Morgan fingerprint density at radius 3 is 2.79 bits per heavy atom. The molecule has 14 heavy (non-hydrogen) atoms. The second kappa shape index (κ2) is 4.60. The van der Waals surface area contributed by atoms with E-state index in [-0.39, 0.29) is 0 Å². The van der Waals surface area contributed by atoms with Crippen LogP contribution in [0.5, 0.6) is 0 Å². The summed E-state index contributed by atoms with van der Waals surface area (Å²) in [7, 11) is 0. The van der Waals surface area contributed by atoms with Crippen LogP contribution < -0.4 is 5.32 Å². The van der Waals surface area contributed by atoms with Gasteiger partial charge in [0.2, 0.25) is 5.95 Å². The normalized spacial score (nSPS) is 10.1. The molecule has 5 nitrogen and oxygen atoms in total. The molecule has 0 unspecified atom stereocenters. The fraction of sp³-hybridized carbons (Fsp3) is 0.143. The van der Waals surface area contributed by atoms with E-state index in [1.807, 2.05) is 5.38 Å². The lowest BCUT2D eigenvalue weighted by molar-refractivity contribution is 0.971. The van der Waals surface area contributed by atoms with Gasteiger partial charge in [0.15, 0.2) is 0 Å². The van der Waals surface area contributed by atoms with Crippen molar-refractivity contribution in [1.82, 2.24) is 19.6 Å². The lowest BCUT2D eigenvalue weighted by atomic mass is 10.5. The van der Waals surface area contributed by atoms with Gasteiger partial charge >= 0.3 is 0 Å². The Kier molecular flexibility index (Phi) is 3.19. The third-order valence-corrected chi connectivity index (χ3v) is 2.56. The molecule has 0 saturated carbocycles. The SMILES string of the molecule is Ic1cnc(NCc2csnn2)nc1. The van der Waals surface area contributed by atoms with E-state index in [1.54, 1.807) is 12.4 Å². The van der Waals surface area contributed by atoms with Crippen molar-refractivity contribution in [1.29, 1.82) is 0 Å². The monoisotopic (exact) mass is 319 g/mol. The van der Waals surface area contributed by atoms with E-state index in [2.05, 4.69) is 47.5 Å². The van der Waals surface area contributed by atoms with Gasteiger partial charge < -0.3 is 5.32 Å². The highest BCUT2D eigenvalue weighted by Gasteiger charge is 1.98. The van der Waals surface area contributed by atoms with Crippen molar-refractivity contribution in [3.63, 3.8) is 0 Å². The molecule has 0 aromatic carbocycles. The summed E-state index contributed by atoms with van der Waals surface area (Å²) in [5.41, 5.74) is 0.900. The molecule has 72 valence electrons. The molecule has 0 saturated heterocycles. The Hall–Kier alpha value is -0.830. The van der Waals surface area contributed by atoms with Crippen LogP contribution in [-0.2, 0) is 6.54 Å². The van der Waals surface area contributed by atoms with Crippen LogP contribution in [-0.4, -0.2) is 19.6 Å². The maximum absolute atomic E-state index is 4.10. The minimum Gasteiger partial charge on any atom is -0.348 e.